The van der Waals surface area contributed by atoms with Crippen LogP contribution in [0.1, 0.15) is 64.1 Å². The Morgan fingerprint density at radius 2 is 1.98 bits per heavy atom. The van der Waals surface area contributed by atoms with Gasteiger partial charge in [-0.05, 0) is 73.2 Å². The number of pyridine rings is 2. The first kappa shape index (κ1) is 35.2. The van der Waals surface area contributed by atoms with Crippen LogP contribution in [-0.4, -0.2) is 77.2 Å². The van der Waals surface area contributed by atoms with Crippen molar-refractivity contribution < 1.29 is 19.0 Å². The number of aromatic nitrogens is 3. The van der Waals surface area contributed by atoms with Crippen LogP contribution in [0, 0.1) is 11.3 Å². The molecule has 1 saturated carbocycles. The van der Waals surface area contributed by atoms with Crippen molar-refractivity contribution in [1.29, 1.82) is 5.26 Å². The van der Waals surface area contributed by atoms with Gasteiger partial charge in [0.2, 0.25) is 0 Å². The lowest BCUT2D eigenvalue weighted by atomic mass is 9.81. The molecule has 0 saturated heterocycles. The molecule has 230 valence electrons. The molecule has 0 aliphatic heterocycles. The molecule has 0 spiro atoms. The molecule has 42 heavy (non-hydrogen) atoms. The van der Waals surface area contributed by atoms with Crippen LogP contribution >= 0.6 is 27.0 Å². The van der Waals surface area contributed by atoms with Gasteiger partial charge < -0.3 is 24.4 Å². The monoisotopic (exact) mass is 616 g/mol. The van der Waals surface area contributed by atoms with E-state index in [9.17, 15) is 10.1 Å². The molecule has 4 rings (SSSR count). The summed E-state index contributed by atoms with van der Waals surface area (Å²) in [6.45, 7) is 9.39. The number of nitriles is 1. The lowest BCUT2D eigenvalue weighted by Crippen LogP contribution is -2.49. The maximum Gasteiger partial charge on any atom is 0.407 e. The molecular weight excluding hydrogens is 573 g/mol. The summed E-state index contributed by atoms with van der Waals surface area (Å²) in [4.78, 5) is 19.4. The molecule has 1 aliphatic rings. The van der Waals surface area contributed by atoms with Crippen LogP contribution in [0.2, 0.25) is 0 Å². The van der Waals surface area contributed by atoms with Crippen molar-refractivity contribution in [2.24, 2.45) is 0 Å². The summed E-state index contributed by atoms with van der Waals surface area (Å²) in [5.41, 5.74) is 3.36. The fourth-order valence-electron chi connectivity index (χ4n) is 5.04. The van der Waals surface area contributed by atoms with Crippen LogP contribution in [0.5, 0.6) is 5.75 Å². The molecule has 1 amide bonds. The zero-order valence-electron chi connectivity index (χ0n) is 25.3. The highest BCUT2D eigenvalue weighted by molar-refractivity contribution is 7.59. The third kappa shape index (κ3) is 9.01. The van der Waals surface area contributed by atoms with E-state index in [1.165, 1.54) is 0 Å². The second kappa shape index (κ2) is 15.5. The van der Waals surface area contributed by atoms with Gasteiger partial charge >= 0.3 is 6.09 Å². The van der Waals surface area contributed by atoms with E-state index in [2.05, 4.69) is 21.4 Å². The molecule has 3 aromatic rings. The summed E-state index contributed by atoms with van der Waals surface area (Å²) < 4.78 is 19.2. The summed E-state index contributed by atoms with van der Waals surface area (Å²) >= 11 is 0. The standard InChI is InChI=1S/C30H40N6O4.2H2S/c1-7-38-23-15-24(28-22(16-31)18-33-36(28)19-23)21-9-10-25(32-17-21)20-8-11-26(34-29(37)40-30(2,3)4)27(14-20)39-13-12-35(5)6;;/h9-10,15,17-20,26-27H,7-8,11-14H2,1-6H3,(H,34,37);2*1H2/t20?,26-,27-;;/m0../s1. The minimum atomic E-state index is -0.563. The molecule has 0 bridgehead atoms. The van der Waals surface area contributed by atoms with E-state index in [4.69, 9.17) is 19.2 Å². The van der Waals surface area contributed by atoms with Crippen molar-refractivity contribution in [2.75, 3.05) is 33.9 Å². The fourth-order valence-corrected chi connectivity index (χ4v) is 5.04. The topological polar surface area (TPSA) is 114 Å². The van der Waals surface area contributed by atoms with Crippen LogP contribution in [0.25, 0.3) is 16.6 Å². The first-order valence-corrected chi connectivity index (χ1v) is 13.8. The number of carbonyl (C=O) groups is 1. The first-order valence-electron chi connectivity index (χ1n) is 13.8. The van der Waals surface area contributed by atoms with E-state index in [0.717, 1.165) is 48.1 Å². The van der Waals surface area contributed by atoms with Crippen molar-refractivity contribution >= 4 is 38.6 Å². The lowest BCUT2D eigenvalue weighted by molar-refractivity contribution is -0.0117. The van der Waals surface area contributed by atoms with Gasteiger partial charge in [-0.25, -0.2) is 9.31 Å². The highest BCUT2D eigenvalue weighted by Crippen LogP contribution is 2.36. The van der Waals surface area contributed by atoms with Crippen LogP contribution < -0.4 is 10.1 Å². The zero-order chi connectivity index (χ0) is 28.9. The number of alkyl carbamates (subject to hydrolysis) is 1. The van der Waals surface area contributed by atoms with Crippen molar-refractivity contribution in [3.05, 3.63) is 48.0 Å². The molecule has 3 atom stereocenters. The van der Waals surface area contributed by atoms with Gasteiger partial charge in [0.05, 0.1) is 48.8 Å². The van der Waals surface area contributed by atoms with Gasteiger partial charge in [-0.1, -0.05) is 6.07 Å². The Balaban J connectivity index is 0.00000308. The van der Waals surface area contributed by atoms with E-state index in [1.807, 2.05) is 66.2 Å². The van der Waals surface area contributed by atoms with Gasteiger partial charge in [-0.2, -0.15) is 37.4 Å². The SMILES string of the molecule is CCOc1cc(-c2ccc(C3CC[C@H](NC(=O)OC(C)(C)C)[C@@H](OCCN(C)C)C3)nc2)c2c(C#N)cnn2c1.S.S. The number of likely N-dealkylation sites (N-methyl/N-ethyl adjacent to an activating group) is 1. The molecule has 1 unspecified atom stereocenters. The number of nitrogens with one attached hydrogen (secondary N) is 1. The zero-order valence-corrected chi connectivity index (χ0v) is 27.3. The quantitative estimate of drug-likeness (QED) is 0.357. The minimum Gasteiger partial charge on any atom is -0.492 e. The molecule has 1 aliphatic carbocycles. The lowest BCUT2D eigenvalue weighted by Gasteiger charge is -2.36. The highest BCUT2D eigenvalue weighted by atomic mass is 32.1. The maximum atomic E-state index is 12.5. The Labute approximate surface area is 262 Å². The van der Waals surface area contributed by atoms with E-state index in [1.54, 1.807) is 16.9 Å². The molecule has 0 aromatic carbocycles. The maximum absolute atomic E-state index is 12.5. The van der Waals surface area contributed by atoms with Crippen LogP contribution in [0.4, 0.5) is 4.79 Å². The van der Waals surface area contributed by atoms with Crippen molar-refractivity contribution in [1.82, 2.24) is 24.8 Å². The molecular formula is C30H44N6O4S2. The number of ether oxygens (including phenoxy) is 3. The smallest absolute Gasteiger partial charge is 0.407 e. The van der Waals surface area contributed by atoms with Crippen molar-refractivity contribution in [2.45, 2.75) is 70.6 Å². The average molecular weight is 617 g/mol. The third-order valence-electron chi connectivity index (χ3n) is 6.90. The predicted octanol–water partition coefficient (Wildman–Crippen LogP) is 5.00. The Hall–Kier alpha value is -2.98. The van der Waals surface area contributed by atoms with Crippen LogP contribution in [-0.2, 0) is 9.47 Å². The van der Waals surface area contributed by atoms with Gasteiger partial charge in [0.25, 0.3) is 0 Å². The number of nitrogens with zero attached hydrogens (tertiary/aromatic N) is 5. The number of carbonyl (C=O) groups excluding carboxylic acids is 1. The summed E-state index contributed by atoms with van der Waals surface area (Å²) in [5, 5.41) is 17.0. The number of rotatable bonds is 9. The van der Waals surface area contributed by atoms with Crippen LogP contribution in [0.3, 0.4) is 0 Å². The highest BCUT2D eigenvalue weighted by Gasteiger charge is 2.34. The minimum absolute atomic E-state index is 0. The molecule has 3 heterocycles. The Morgan fingerprint density at radius 1 is 1.21 bits per heavy atom. The summed E-state index contributed by atoms with van der Waals surface area (Å²) in [5.74, 6) is 0.865. The number of hydrogen-bond donors (Lipinski definition) is 1. The van der Waals surface area contributed by atoms with Gasteiger partial charge in [0.15, 0.2) is 0 Å². The van der Waals surface area contributed by atoms with E-state index >= 15 is 0 Å². The third-order valence-corrected chi connectivity index (χ3v) is 6.90. The fraction of sp³-hybridized carbons (Fsp3) is 0.533. The van der Waals surface area contributed by atoms with Gasteiger partial charge in [0, 0.05) is 35.5 Å². The Bertz CT molecular complexity index is 1350. The summed E-state index contributed by atoms with van der Waals surface area (Å²) in [7, 11) is 4.02. The first-order chi connectivity index (χ1) is 19.1. The number of hydrogen-bond acceptors (Lipinski definition) is 8. The van der Waals surface area contributed by atoms with E-state index in [-0.39, 0.29) is 45.1 Å². The number of fused-ring (bicyclic) bond motifs is 1. The van der Waals surface area contributed by atoms with Gasteiger partial charge in [-0.15, -0.1) is 0 Å². The predicted molar refractivity (Wildman–Crippen MR) is 173 cm³/mol. The van der Waals surface area contributed by atoms with Crippen molar-refractivity contribution in [3.63, 3.8) is 0 Å². The number of amides is 1. The molecule has 0 radical (unpaired) electrons. The van der Waals surface area contributed by atoms with E-state index < -0.39 is 11.7 Å². The largest absolute Gasteiger partial charge is 0.492 e. The normalized spacial score (nSPS) is 18.5. The van der Waals surface area contributed by atoms with Crippen LogP contribution in [0.15, 0.2) is 36.8 Å². The van der Waals surface area contributed by atoms with Gasteiger partial charge in [-0.3, -0.25) is 4.98 Å². The molecule has 12 heteroatoms. The summed E-state index contributed by atoms with van der Waals surface area (Å²) in [6, 6.07) is 8.11. The van der Waals surface area contributed by atoms with Crippen molar-refractivity contribution in [3.8, 4) is 22.9 Å². The second-order valence-electron chi connectivity index (χ2n) is 11.4. The Kier molecular flexibility index (Phi) is 13.0. The molecule has 3 aromatic heterocycles. The second-order valence-corrected chi connectivity index (χ2v) is 11.4. The molecule has 1 N–H and O–H groups in total. The molecule has 10 nitrogen and oxygen atoms in total. The van der Waals surface area contributed by atoms with Gasteiger partial charge in [0.1, 0.15) is 17.4 Å². The molecule has 1 fully saturated rings. The summed E-state index contributed by atoms with van der Waals surface area (Å²) in [6.07, 6.45) is 7.00. The van der Waals surface area contributed by atoms with E-state index in [0.29, 0.717) is 24.5 Å². The average Bonchev–Trinajstić information content (AvgIpc) is 3.31. The Morgan fingerprint density at radius 3 is 2.60 bits per heavy atom.